The van der Waals surface area contributed by atoms with Crippen molar-refractivity contribution in [1.29, 1.82) is 0 Å². The average molecular weight is 512 g/mol. The quantitative estimate of drug-likeness (QED) is 0.539. The summed E-state index contributed by atoms with van der Waals surface area (Å²) in [5.41, 5.74) is 1.54. The minimum Gasteiger partial charge on any atom is -0.376 e. The van der Waals surface area contributed by atoms with Crippen LogP contribution in [0, 0.1) is 5.92 Å². The molecule has 7 nitrogen and oxygen atoms in total. The summed E-state index contributed by atoms with van der Waals surface area (Å²) >= 11 is 6.70. The number of amides is 1. The second-order valence-electron chi connectivity index (χ2n) is 10.7. The van der Waals surface area contributed by atoms with Crippen LogP contribution in [0.15, 0.2) is 36.7 Å². The first-order chi connectivity index (χ1) is 17.3. The van der Waals surface area contributed by atoms with Gasteiger partial charge in [0.2, 0.25) is 5.91 Å². The van der Waals surface area contributed by atoms with Gasteiger partial charge in [0.25, 0.3) is 0 Å². The van der Waals surface area contributed by atoms with Crippen molar-refractivity contribution < 1.29 is 13.9 Å². The first kappa shape index (κ1) is 23.8. The van der Waals surface area contributed by atoms with Crippen LogP contribution in [0.3, 0.4) is 0 Å². The molecule has 1 amide bonds. The largest absolute Gasteiger partial charge is 0.376 e. The van der Waals surface area contributed by atoms with Gasteiger partial charge in [-0.2, -0.15) is 5.10 Å². The number of carbonyl (C=O) groups is 1. The van der Waals surface area contributed by atoms with Gasteiger partial charge in [-0.05, 0) is 80.4 Å². The third-order valence-corrected chi connectivity index (χ3v) is 8.65. The fourth-order valence-corrected chi connectivity index (χ4v) is 6.18. The van der Waals surface area contributed by atoms with Gasteiger partial charge in [0.05, 0.1) is 24.4 Å². The Bertz CT molecular complexity index is 1310. The maximum atomic E-state index is 14.5. The lowest BCUT2D eigenvalue weighted by Crippen LogP contribution is -2.55. The standard InChI is InChI=1S/C27H31ClFN5O2/c1-27(15-36-14-24(27)29)34-7-3-16(4-8-34)19-9-17-11-25(30-13-18(17)10-22(19)28)31-26(35)21-12-20(21)23-5-6-33(2)32-23/h5-6,9-11,13,16,20-21,24H,3-4,7-8,12,14-15H2,1-2H3,(H,30,31,35)/t20-,21-,24+,27-/m0/s1. The second-order valence-corrected chi connectivity index (χ2v) is 11.2. The molecule has 1 aliphatic carbocycles. The molecule has 190 valence electrons. The van der Waals surface area contributed by atoms with Crippen molar-refractivity contribution in [2.24, 2.45) is 13.0 Å². The van der Waals surface area contributed by atoms with E-state index in [2.05, 4.69) is 26.4 Å². The molecule has 2 aromatic heterocycles. The highest BCUT2D eigenvalue weighted by Gasteiger charge is 2.47. The number of nitrogens with one attached hydrogen (secondary N) is 1. The Balaban J connectivity index is 1.15. The normalized spacial score (nSPS) is 29.1. The van der Waals surface area contributed by atoms with E-state index in [0.29, 0.717) is 18.3 Å². The van der Waals surface area contributed by atoms with Crippen LogP contribution >= 0.6 is 11.6 Å². The first-order valence-electron chi connectivity index (χ1n) is 12.7. The molecule has 36 heavy (non-hydrogen) atoms. The number of aryl methyl sites for hydroxylation is 1. The number of ether oxygens (including phenoxy) is 1. The molecule has 1 aromatic carbocycles. The number of pyridine rings is 1. The van der Waals surface area contributed by atoms with E-state index in [0.717, 1.165) is 59.4 Å². The number of piperidine rings is 1. The number of hydrogen-bond donors (Lipinski definition) is 1. The summed E-state index contributed by atoms with van der Waals surface area (Å²) in [7, 11) is 1.88. The number of fused-ring (bicyclic) bond motifs is 1. The Morgan fingerprint density at radius 3 is 2.75 bits per heavy atom. The summed E-state index contributed by atoms with van der Waals surface area (Å²) in [6.45, 7) is 4.23. The predicted octanol–water partition coefficient (Wildman–Crippen LogP) is 4.67. The summed E-state index contributed by atoms with van der Waals surface area (Å²) in [6.07, 6.45) is 5.35. The Labute approximate surface area is 215 Å². The SMILES string of the molecule is Cn1ccc([C@H]2C[C@@H]2C(=O)Nc2cc3cc(C4CCN([C@@]5(C)COC[C@H]5F)CC4)c(Cl)cc3cn2)n1. The molecule has 2 saturated heterocycles. The summed E-state index contributed by atoms with van der Waals surface area (Å²) in [5, 5.41) is 10.1. The van der Waals surface area contributed by atoms with Crippen LogP contribution in [0.2, 0.25) is 5.02 Å². The van der Waals surface area contributed by atoms with Gasteiger partial charge >= 0.3 is 0 Å². The molecule has 3 fully saturated rings. The van der Waals surface area contributed by atoms with Crippen LogP contribution in [-0.2, 0) is 16.6 Å². The summed E-state index contributed by atoms with van der Waals surface area (Å²) in [5.74, 6) is 0.937. The van der Waals surface area contributed by atoms with Crippen molar-refractivity contribution in [3.05, 3.63) is 52.9 Å². The van der Waals surface area contributed by atoms with Crippen molar-refractivity contribution in [2.45, 2.75) is 49.7 Å². The van der Waals surface area contributed by atoms with Crippen LogP contribution in [0.1, 0.15) is 49.3 Å². The highest BCUT2D eigenvalue weighted by atomic mass is 35.5. The van der Waals surface area contributed by atoms with Gasteiger partial charge in [-0.3, -0.25) is 14.4 Å². The average Bonchev–Trinajstić information content (AvgIpc) is 3.44. The van der Waals surface area contributed by atoms with Crippen molar-refractivity contribution in [3.8, 4) is 0 Å². The van der Waals surface area contributed by atoms with Crippen molar-refractivity contribution >= 4 is 34.1 Å². The Kier molecular flexibility index (Phi) is 6.01. The molecule has 6 rings (SSSR count). The number of nitrogens with zero attached hydrogens (tertiary/aromatic N) is 4. The lowest BCUT2D eigenvalue weighted by molar-refractivity contribution is -0.117. The number of carbonyl (C=O) groups excluding carboxylic acids is 1. The highest BCUT2D eigenvalue weighted by Crippen LogP contribution is 2.47. The molecular weight excluding hydrogens is 481 g/mol. The molecule has 0 bridgehead atoms. The van der Waals surface area contributed by atoms with E-state index in [1.54, 1.807) is 10.9 Å². The number of hydrogen-bond acceptors (Lipinski definition) is 5. The molecule has 3 aromatic rings. The van der Waals surface area contributed by atoms with E-state index in [-0.39, 0.29) is 24.3 Å². The third kappa shape index (κ3) is 4.29. The highest BCUT2D eigenvalue weighted by molar-refractivity contribution is 6.32. The number of rotatable bonds is 5. The molecule has 2 aliphatic heterocycles. The molecule has 4 heterocycles. The molecular formula is C27H31ClFN5O2. The Morgan fingerprint density at radius 1 is 1.25 bits per heavy atom. The molecule has 0 unspecified atom stereocenters. The fraction of sp³-hybridized carbons (Fsp3) is 0.519. The van der Waals surface area contributed by atoms with Gasteiger partial charge in [0, 0.05) is 41.7 Å². The molecule has 1 saturated carbocycles. The van der Waals surface area contributed by atoms with Gasteiger partial charge in [-0.25, -0.2) is 9.37 Å². The maximum absolute atomic E-state index is 14.5. The van der Waals surface area contributed by atoms with Crippen LogP contribution < -0.4 is 5.32 Å². The van der Waals surface area contributed by atoms with E-state index in [9.17, 15) is 9.18 Å². The van der Waals surface area contributed by atoms with E-state index >= 15 is 0 Å². The van der Waals surface area contributed by atoms with Gasteiger partial charge < -0.3 is 10.1 Å². The van der Waals surface area contributed by atoms with Crippen molar-refractivity contribution in [3.63, 3.8) is 0 Å². The van der Waals surface area contributed by atoms with Gasteiger partial charge in [0.15, 0.2) is 0 Å². The van der Waals surface area contributed by atoms with Gasteiger partial charge in [-0.1, -0.05) is 11.6 Å². The molecule has 0 radical (unpaired) electrons. The number of alkyl halides is 1. The zero-order valence-corrected chi connectivity index (χ0v) is 21.3. The lowest BCUT2D eigenvalue weighted by atomic mass is 9.85. The fourth-order valence-electron chi connectivity index (χ4n) is 5.86. The Hall–Kier alpha value is -2.55. The molecule has 3 aliphatic rings. The van der Waals surface area contributed by atoms with Crippen LogP contribution in [0.25, 0.3) is 10.8 Å². The predicted molar refractivity (Wildman–Crippen MR) is 137 cm³/mol. The number of aromatic nitrogens is 3. The zero-order valence-electron chi connectivity index (χ0n) is 20.6. The molecule has 4 atom stereocenters. The first-order valence-corrected chi connectivity index (χ1v) is 13.1. The second kappa shape index (κ2) is 9.08. The number of anilines is 1. The number of likely N-dealkylation sites (tertiary alicyclic amines) is 1. The van der Waals surface area contributed by atoms with Gasteiger partial charge in [0.1, 0.15) is 12.0 Å². The molecule has 1 N–H and O–H groups in total. The topological polar surface area (TPSA) is 72.3 Å². The minimum atomic E-state index is -0.950. The van der Waals surface area contributed by atoms with E-state index in [4.69, 9.17) is 16.3 Å². The number of halogens is 2. The van der Waals surface area contributed by atoms with Crippen molar-refractivity contribution in [1.82, 2.24) is 19.7 Å². The van der Waals surface area contributed by atoms with Crippen LogP contribution in [-0.4, -0.2) is 63.6 Å². The molecule has 0 spiro atoms. The summed E-state index contributed by atoms with van der Waals surface area (Å²) < 4.78 is 21.7. The van der Waals surface area contributed by atoms with Crippen LogP contribution in [0.5, 0.6) is 0 Å². The monoisotopic (exact) mass is 511 g/mol. The Morgan fingerprint density at radius 2 is 2.06 bits per heavy atom. The van der Waals surface area contributed by atoms with E-state index < -0.39 is 11.7 Å². The van der Waals surface area contributed by atoms with E-state index in [1.807, 2.05) is 38.4 Å². The minimum absolute atomic E-state index is 0.0189. The van der Waals surface area contributed by atoms with E-state index in [1.165, 1.54) is 0 Å². The lowest BCUT2D eigenvalue weighted by Gasteiger charge is -2.43. The maximum Gasteiger partial charge on any atom is 0.229 e. The smallest absolute Gasteiger partial charge is 0.229 e. The van der Waals surface area contributed by atoms with Crippen molar-refractivity contribution in [2.75, 3.05) is 31.6 Å². The zero-order chi connectivity index (χ0) is 25.0. The summed E-state index contributed by atoms with van der Waals surface area (Å²) in [4.78, 5) is 19.5. The third-order valence-electron chi connectivity index (χ3n) is 8.32. The molecule has 9 heteroatoms. The van der Waals surface area contributed by atoms with Gasteiger partial charge in [-0.15, -0.1) is 0 Å². The number of benzene rings is 1. The van der Waals surface area contributed by atoms with Crippen LogP contribution in [0.4, 0.5) is 10.2 Å². The summed E-state index contributed by atoms with van der Waals surface area (Å²) in [6, 6.07) is 7.98.